The maximum Gasteiger partial charge on any atom is 0.339 e. The van der Waals surface area contributed by atoms with Gasteiger partial charge in [-0.2, -0.15) is 0 Å². The number of alkyl halides is 1. The molecule has 2 rings (SSSR count). The SMILES string of the molecule is COC(=O)c1ccccc1Nc1nc(CCl)cs1. The first-order chi connectivity index (χ1) is 8.74. The molecular weight excluding hydrogens is 272 g/mol. The number of thiazole rings is 1. The number of ether oxygens (including phenoxy) is 1. The summed E-state index contributed by atoms with van der Waals surface area (Å²) >= 11 is 7.13. The lowest BCUT2D eigenvalue weighted by Gasteiger charge is -2.07. The normalized spacial score (nSPS) is 10.1. The quantitative estimate of drug-likeness (QED) is 0.690. The van der Waals surface area contributed by atoms with Crippen LogP contribution in [0.4, 0.5) is 10.8 Å². The van der Waals surface area contributed by atoms with Crippen LogP contribution in [0.1, 0.15) is 16.1 Å². The number of hydrogen-bond donors (Lipinski definition) is 1. The highest BCUT2D eigenvalue weighted by Crippen LogP contribution is 2.24. The molecule has 0 spiro atoms. The molecule has 0 bridgehead atoms. The van der Waals surface area contributed by atoms with Crippen LogP contribution in [-0.4, -0.2) is 18.1 Å². The van der Waals surface area contributed by atoms with Gasteiger partial charge in [0.2, 0.25) is 0 Å². The van der Waals surface area contributed by atoms with E-state index in [2.05, 4.69) is 10.3 Å². The number of carbonyl (C=O) groups excluding carboxylic acids is 1. The summed E-state index contributed by atoms with van der Waals surface area (Å²) in [6.07, 6.45) is 0. The summed E-state index contributed by atoms with van der Waals surface area (Å²) in [7, 11) is 1.36. The Kier molecular flexibility index (Phi) is 4.17. The Hall–Kier alpha value is -1.59. The van der Waals surface area contributed by atoms with Gasteiger partial charge in [0.25, 0.3) is 0 Å². The summed E-state index contributed by atoms with van der Waals surface area (Å²) in [6, 6.07) is 7.12. The predicted molar refractivity (Wildman–Crippen MR) is 72.7 cm³/mol. The van der Waals surface area contributed by atoms with Crippen molar-refractivity contribution in [1.29, 1.82) is 0 Å². The van der Waals surface area contributed by atoms with Crippen molar-refractivity contribution < 1.29 is 9.53 Å². The number of hydrogen-bond acceptors (Lipinski definition) is 5. The maximum absolute atomic E-state index is 11.6. The molecule has 0 saturated heterocycles. The van der Waals surface area contributed by atoms with E-state index in [4.69, 9.17) is 16.3 Å². The molecule has 1 N–H and O–H groups in total. The highest BCUT2D eigenvalue weighted by Gasteiger charge is 2.12. The predicted octanol–water partition coefficient (Wildman–Crippen LogP) is 3.41. The molecule has 4 nitrogen and oxygen atoms in total. The van der Waals surface area contributed by atoms with Crippen LogP contribution < -0.4 is 5.32 Å². The van der Waals surface area contributed by atoms with Gasteiger partial charge in [-0.15, -0.1) is 22.9 Å². The standard InChI is InChI=1S/C12H11ClN2O2S/c1-17-11(16)9-4-2-3-5-10(9)15-12-14-8(6-13)7-18-12/h2-5,7H,6H2,1H3,(H,14,15). The van der Waals surface area contributed by atoms with E-state index >= 15 is 0 Å². The average molecular weight is 283 g/mol. The summed E-state index contributed by atoms with van der Waals surface area (Å²) in [5.74, 6) is -0.0103. The smallest absolute Gasteiger partial charge is 0.339 e. The van der Waals surface area contributed by atoms with Gasteiger partial charge in [-0.25, -0.2) is 9.78 Å². The molecule has 0 aliphatic carbocycles. The summed E-state index contributed by atoms with van der Waals surface area (Å²) in [5.41, 5.74) is 1.95. The highest BCUT2D eigenvalue weighted by atomic mass is 35.5. The van der Waals surface area contributed by atoms with Gasteiger partial charge in [0.15, 0.2) is 5.13 Å². The molecule has 18 heavy (non-hydrogen) atoms. The molecule has 0 aliphatic heterocycles. The molecule has 1 aromatic carbocycles. The van der Waals surface area contributed by atoms with E-state index in [9.17, 15) is 4.79 Å². The number of anilines is 2. The van der Waals surface area contributed by atoms with Crippen molar-refractivity contribution in [2.75, 3.05) is 12.4 Å². The Bertz CT molecular complexity index is 557. The number of benzene rings is 1. The van der Waals surface area contributed by atoms with E-state index in [0.717, 1.165) is 5.69 Å². The van der Waals surface area contributed by atoms with Crippen LogP contribution in [0.25, 0.3) is 0 Å². The lowest BCUT2D eigenvalue weighted by molar-refractivity contribution is 0.0602. The third-order valence-electron chi connectivity index (χ3n) is 2.26. The van der Waals surface area contributed by atoms with E-state index in [0.29, 0.717) is 22.3 Å². The number of esters is 1. The Morgan fingerprint density at radius 3 is 2.94 bits per heavy atom. The lowest BCUT2D eigenvalue weighted by Crippen LogP contribution is -2.05. The first-order valence-electron chi connectivity index (χ1n) is 5.19. The Balaban J connectivity index is 2.25. The van der Waals surface area contributed by atoms with Crippen LogP contribution in [-0.2, 0) is 10.6 Å². The topological polar surface area (TPSA) is 51.2 Å². The van der Waals surface area contributed by atoms with E-state index < -0.39 is 0 Å². The molecule has 0 amide bonds. The van der Waals surface area contributed by atoms with Crippen LogP contribution in [0.3, 0.4) is 0 Å². The van der Waals surface area contributed by atoms with Crippen molar-refractivity contribution >= 4 is 39.7 Å². The number of para-hydroxylation sites is 1. The zero-order chi connectivity index (χ0) is 13.0. The van der Waals surface area contributed by atoms with Gasteiger partial charge in [0, 0.05) is 5.38 Å². The van der Waals surface area contributed by atoms with Gasteiger partial charge < -0.3 is 10.1 Å². The van der Waals surface area contributed by atoms with Gasteiger partial charge >= 0.3 is 5.97 Å². The largest absolute Gasteiger partial charge is 0.465 e. The molecule has 94 valence electrons. The molecular formula is C12H11ClN2O2S. The van der Waals surface area contributed by atoms with Gasteiger partial charge in [0.1, 0.15) is 0 Å². The fourth-order valence-corrected chi connectivity index (χ4v) is 2.37. The second kappa shape index (κ2) is 5.84. The van der Waals surface area contributed by atoms with Crippen LogP contribution >= 0.6 is 22.9 Å². The van der Waals surface area contributed by atoms with E-state index in [1.807, 2.05) is 11.4 Å². The number of halogens is 1. The van der Waals surface area contributed by atoms with Gasteiger partial charge in [-0.1, -0.05) is 12.1 Å². The van der Waals surface area contributed by atoms with Crippen LogP contribution in [0.5, 0.6) is 0 Å². The zero-order valence-corrected chi connectivity index (χ0v) is 11.2. The van der Waals surface area contributed by atoms with Crippen LogP contribution in [0.2, 0.25) is 0 Å². The van der Waals surface area contributed by atoms with Gasteiger partial charge in [-0.05, 0) is 12.1 Å². The summed E-state index contributed by atoms with van der Waals surface area (Å²) in [5, 5.41) is 5.66. The molecule has 6 heteroatoms. The van der Waals surface area contributed by atoms with Crippen molar-refractivity contribution in [2.24, 2.45) is 0 Å². The van der Waals surface area contributed by atoms with Gasteiger partial charge in [-0.3, -0.25) is 0 Å². The maximum atomic E-state index is 11.6. The first-order valence-corrected chi connectivity index (χ1v) is 6.60. The van der Waals surface area contributed by atoms with Crippen molar-refractivity contribution in [3.63, 3.8) is 0 Å². The van der Waals surface area contributed by atoms with Crippen molar-refractivity contribution in [3.05, 3.63) is 40.9 Å². The monoisotopic (exact) mass is 282 g/mol. The number of nitrogens with one attached hydrogen (secondary N) is 1. The molecule has 2 aromatic rings. The van der Waals surface area contributed by atoms with Crippen molar-refractivity contribution in [3.8, 4) is 0 Å². The Labute approximate surface area is 114 Å². The summed E-state index contributed by atoms with van der Waals surface area (Å²) in [4.78, 5) is 15.9. The molecule has 0 unspecified atom stereocenters. The molecule has 0 saturated carbocycles. The molecule has 0 radical (unpaired) electrons. The number of aromatic nitrogens is 1. The average Bonchev–Trinajstić information content (AvgIpc) is 2.86. The second-order valence-electron chi connectivity index (χ2n) is 3.44. The Morgan fingerprint density at radius 2 is 2.28 bits per heavy atom. The third-order valence-corrected chi connectivity index (χ3v) is 3.34. The molecule has 0 aliphatic rings. The van der Waals surface area contributed by atoms with Gasteiger partial charge in [0.05, 0.1) is 29.9 Å². The van der Waals surface area contributed by atoms with E-state index in [1.54, 1.807) is 18.2 Å². The van der Waals surface area contributed by atoms with Crippen molar-refractivity contribution in [2.45, 2.75) is 5.88 Å². The van der Waals surface area contributed by atoms with Crippen molar-refractivity contribution in [1.82, 2.24) is 4.98 Å². The lowest BCUT2D eigenvalue weighted by atomic mass is 10.2. The fourth-order valence-electron chi connectivity index (χ4n) is 1.42. The number of rotatable bonds is 4. The number of carbonyl (C=O) groups is 1. The molecule has 0 atom stereocenters. The third kappa shape index (κ3) is 2.80. The minimum Gasteiger partial charge on any atom is -0.465 e. The van der Waals surface area contributed by atoms with Crippen LogP contribution in [0, 0.1) is 0 Å². The molecule has 1 heterocycles. The summed E-state index contributed by atoms with van der Waals surface area (Å²) < 4.78 is 4.72. The zero-order valence-electron chi connectivity index (χ0n) is 9.64. The minimum atomic E-state index is -0.382. The second-order valence-corrected chi connectivity index (χ2v) is 4.57. The molecule has 0 fully saturated rings. The summed E-state index contributed by atoms with van der Waals surface area (Å²) in [6.45, 7) is 0. The Morgan fingerprint density at radius 1 is 1.50 bits per heavy atom. The molecule has 1 aromatic heterocycles. The van der Waals surface area contributed by atoms with E-state index in [-0.39, 0.29) is 5.97 Å². The highest BCUT2D eigenvalue weighted by molar-refractivity contribution is 7.13. The minimum absolute atomic E-state index is 0.372. The number of nitrogens with zero attached hydrogens (tertiary/aromatic N) is 1. The fraction of sp³-hybridized carbons (Fsp3) is 0.167. The van der Waals surface area contributed by atoms with E-state index in [1.165, 1.54) is 18.4 Å². The number of methoxy groups -OCH3 is 1. The van der Waals surface area contributed by atoms with Crippen LogP contribution in [0.15, 0.2) is 29.6 Å². The first kappa shape index (κ1) is 12.9.